The van der Waals surface area contributed by atoms with Gasteiger partial charge in [-0.25, -0.2) is 4.68 Å². The highest BCUT2D eigenvalue weighted by molar-refractivity contribution is 5.95. The summed E-state index contributed by atoms with van der Waals surface area (Å²) in [5.41, 5.74) is 1.58. The van der Waals surface area contributed by atoms with E-state index in [4.69, 9.17) is 0 Å². The van der Waals surface area contributed by atoms with E-state index >= 15 is 0 Å². The first-order valence-corrected chi connectivity index (χ1v) is 7.70. The molecule has 1 N–H and O–H groups in total. The van der Waals surface area contributed by atoms with Crippen LogP contribution < -0.4 is 5.32 Å². The first-order valence-electron chi connectivity index (χ1n) is 7.70. The van der Waals surface area contributed by atoms with Gasteiger partial charge in [0.1, 0.15) is 6.33 Å². The molecule has 23 heavy (non-hydrogen) atoms. The zero-order chi connectivity index (χ0) is 14.9. The SMILES string of the molecule is Cl.O=C(c1ccc(-n2cnnn2)cc1)N1C2CCNCC1CC2. The Balaban J connectivity index is 0.00000156. The van der Waals surface area contributed by atoms with Gasteiger partial charge < -0.3 is 10.2 Å². The Bertz CT molecular complexity index is 645. The minimum Gasteiger partial charge on any atom is -0.331 e. The molecule has 3 heterocycles. The fourth-order valence-electron chi connectivity index (χ4n) is 3.50. The fraction of sp³-hybridized carbons (Fsp3) is 0.467. The van der Waals surface area contributed by atoms with Crippen molar-refractivity contribution in [3.8, 4) is 5.69 Å². The smallest absolute Gasteiger partial charge is 0.254 e. The summed E-state index contributed by atoms with van der Waals surface area (Å²) in [7, 11) is 0. The minimum atomic E-state index is 0. The van der Waals surface area contributed by atoms with Crippen LogP contribution in [0.4, 0.5) is 0 Å². The fourth-order valence-corrected chi connectivity index (χ4v) is 3.50. The second-order valence-corrected chi connectivity index (χ2v) is 5.89. The molecule has 0 saturated carbocycles. The summed E-state index contributed by atoms with van der Waals surface area (Å²) in [4.78, 5) is 15.0. The highest BCUT2D eigenvalue weighted by Crippen LogP contribution is 2.29. The van der Waals surface area contributed by atoms with Crippen LogP contribution in [0.5, 0.6) is 0 Å². The molecular formula is C15H19ClN6O. The third-order valence-corrected chi connectivity index (χ3v) is 4.62. The lowest BCUT2D eigenvalue weighted by atomic mass is 10.1. The summed E-state index contributed by atoms with van der Waals surface area (Å²) in [6.45, 7) is 1.91. The summed E-state index contributed by atoms with van der Waals surface area (Å²) in [5, 5.41) is 14.5. The van der Waals surface area contributed by atoms with Crippen LogP contribution >= 0.6 is 12.4 Å². The van der Waals surface area contributed by atoms with Crippen LogP contribution in [0.3, 0.4) is 0 Å². The molecule has 0 aliphatic carbocycles. The Morgan fingerprint density at radius 3 is 2.65 bits per heavy atom. The van der Waals surface area contributed by atoms with Gasteiger partial charge in [-0.3, -0.25) is 4.79 Å². The summed E-state index contributed by atoms with van der Waals surface area (Å²) < 4.78 is 1.58. The van der Waals surface area contributed by atoms with Gasteiger partial charge in [0.2, 0.25) is 0 Å². The van der Waals surface area contributed by atoms with Crippen LogP contribution in [-0.2, 0) is 0 Å². The lowest BCUT2D eigenvalue weighted by Gasteiger charge is -2.28. The van der Waals surface area contributed by atoms with Crippen LogP contribution in [-0.4, -0.2) is 56.2 Å². The molecule has 2 fully saturated rings. The van der Waals surface area contributed by atoms with Crippen molar-refractivity contribution in [1.82, 2.24) is 30.4 Å². The summed E-state index contributed by atoms with van der Waals surface area (Å²) in [6.07, 6.45) is 4.81. The van der Waals surface area contributed by atoms with Crippen LogP contribution in [0.1, 0.15) is 29.6 Å². The van der Waals surface area contributed by atoms with Gasteiger partial charge in [0, 0.05) is 24.2 Å². The molecule has 0 radical (unpaired) electrons. The number of nitrogens with one attached hydrogen (secondary N) is 1. The largest absolute Gasteiger partial charge is 0.331 e. The molecule has 1 amide bonds. The highest BCUT2D eigenvalue weighted by Gasteiger charge is 2.38. The van der Waals surface area contributed by atoms with Gasteiger partial charge in [-0.15, -0.1) is 17.5 Å². The van der Waals surface area contributed by atoms with Gasteiger partial charge in [-0.2, -0.15) is 0 Å². The molecular weight excluding hydrogens is 316 g/mol. The van der Waals surface area contributed by atoms with Crippen molar-refractivity contribution in [1.29, 1.82) is 0 Å². The quantitative estimate of drug-likeness (QED) is 0.888. The van der Waals surface area contributed by atoms with Gasteiger partial charge in [0.25, 0.3) is 5.91 Å². The average Bonchev–Trinajstić information content (AvgIpc) is 3.14. The van der Waals surface area contributed by atoms with Crippen molar-refractivity contribution in [2.75, 3.05) is 13.1 Å². The van der Waals surface area contributed by atoms with Crippen molar-refractivity contribution in [2.24, 2.45) is 0 Å². The number of carbonyl (C=O) groups is 1. The molecule has 2 aliphatic heterocycles. The van der Waals surface area contributed by atoms with E-state index < -0.39 is 0 Å². The average molecular weight is 335 g/mol. The number of amides is 1. The molecule has 7 nitrogen and oxygen atoms in total. The standard InChI is InChI=1S/C15H18N6O.ClH/c22-15(21-13-5-6-14(21)9-16-8-7-13)11-1-3-12(4-2-11)20-10-17-18-19-20;/h1-4,10,13-14,16H,5-9H2;1H. The summed E-state index contributed by atoms with van der Waals surface area (Å²) in [5.74, 6) is 0.138. The van der Waals surface area contributed by atoms with Crippen LogP contribution in [0.2, 0.25) is 0 Å². The summed E-state index contributed by atoms with van der Waals surface area (Å²) >= 11 is 0. The molecule has 122 valence electrons. The monoisotopic (exact) mass is 334 g/mol. The van der Waals surface area contributed by atoms with Crippen LogP contribution in [0.25, 0.3) is 5.69 Å². The maximum atomic E-state index is 12.9. The van der Waals surface area contributed by atoms with Crippen molar-refractivity contribution in [3.63, 3.8) is 0 Å². The third-order valence-electron chi connectivity index (χ3n) is 4.62. The molecule has 8 heteroatoms. The van der Waals surface area contributed by atoms with E-state index in [1.165, 1.54) is 6.33 Å². The topological polar surface area (TPSA) is 75.9 Å². The number of aromatic nitrogens is 4. The van der Waals surface area contributed by atoms with E-state index in [1.807, 2.05) is 24.3 Å². The first-order chi connectivity index (χ1) is 10.8. The Morgan fingerprint density at radius 1 is 1.13 bits per heavy atom. The third kappa shape index (κ3) is 2.94. The number of benzene rings is 1. The number of hydrogen-bond acceptors (Lipinski definition) is 5. The number of nitrogens with zero attached hydrogens (tertiary/aromatic N) is 5. The van der Waals surface area contributed by atoms with Gasteiger partial charge >= 0.3 is 0 Å². The predicted molar refractivity (Wildman–Crippen MR) is 86.9 cm³/mol. The zero-order valence-corrected chi connectivity index (χ0v) is 13.4. The van der Waals surface area contributed by atoms with Crippen LogP contribution in [0, 0.1) is 0 Å². The number of carbonyl (C=O) groups excluding carboxylic acids is 1. The minimum absolute atomic E-state index is 0. The second-order valence-electron chi connectivity index (χ2n) is 5.89. The molecule has 0 spiro atoms. The Kier molecular flexibility index (Phi) is 4.58. The molecule has 1 aromatic heterocycles. The number of halogens is 1. The lowest BCUT2D eigenvalue weighted by Crippen LogP contribution is -2.42. The normalized spacial score (nSPS) is 23.2. The first kappa shape index (κ1) is 15.9. The Morgan fingerprint density at radius 2 is 1.91 bits per heavy atom. The number of hydrogen-bond donors (Lipinski definition) is 1. The Labute approximate surface area is 140 Å². The highest BCUT2D eigenvalue weighted by atomic mass is 35.5. The zero-order valence-electron chi connectivity index (χ0n) is 12.6. The lowest BCUT2D eigenvalue weighted by molar-refractivity contribution is 0.0680. The van der Waals surface area contributed by atoms with Crippen molar-refractivity contribution in [2.45, 2.75) is 31.3 Å². The predicted octanol–water partition coefficient (Wildman–Crippen LogP) is 1.05. The van der Waals surface area contributed by atoms with Crippen molar-refractivity contribution < 1.29 is 4.79 Å². The number of tetrazole rings is 1. The van der Waals surface area contributed by atoms with E-state index in [1.54, 1.807) is 4.68 Å². The van der Waals surface area contributed by atoms with Gasteiger partial charge in [0.15, 0.2) is 0 Å². The molecule has 2 aliphatic rings. The van der Waals surface area contributed by atoms with E-state index in [-0.39, 0.29) is 18.3 Å². The molecule has 2 saturated heterocycles. The molecule has 2 bridgehead atoms. The second kappa shape index (κ2) is 6.64. The maximum absolute atomic E-state index is 12.9. The van der Waals surface area contributed by atoms with E-state index in [0.29, 0.717) is 12.1 Å². The number of fused-ring (bicyclic) bond motifs is 2. The summed E-state index contributed by atoms with van der Waals surface area (Å²) in [6, 6.07) is 8.18. The van der Waals surface area contributed by atoms with Crippen molar-refractivity contribution in [3.05, 3.63) is 36.2 Å². The molecule has 1 aromatic carbocycles. The molecule has 2 unspecified atom stereocenters. The molecule has 4 rings (SSSR count). The van der Waals surface area contributed by atoms with Crippen LogP contribution in [0.15, 0.2) is 30.6 Å². The molecule has 2 aromatic rings. The van der Waals surface area contributed by atoms with Crippen molar-refractivity contribution >= 4 is 18.3 Å². The van der Waals surface area contributed by atoms with Gasteiger partial charge in [0.05, 0.1) is 5.69 Å². The van der Waals surface area contributed by atoms with Gasteiger partial charge in [-0.1, -0.05) is 0 Å². The van der Waals surface area contributed by atoms with E-state index in [2.05, 4.69) is 25.7 Å². The number of rotatable bonds is 2. The van der Waals surface area contributed by atoms with Gasteiger partial charge in [-0.05, 0) is 60.5 Å². The molecule has 2 atom stereocenters. The Hall–Kier alpha value is -1.99. The van der Waals surface area contributed by atoms with E-state index in [9.17, 15) is 4.79 Å². The van der Waals surface area contributed by atoms with E-state index in [0.717, 1.165) is 43.6 Å². The maximum Gasteiger partial charge on any atom is 0.254 e.